The monoisotopic (exact) mass is 281 g/mol. The minimum absolute atomic E-state index is 0.467. The Morgan fingerprint density at radius 2 is 1.94 bits per heavy atom. The molecule has 2 aliphatic rings. The number of nitrogens with zero attached hydrogens (tertiary/aromatic N) is 2. The van der Waals surface area contributed by atoms with E-state index in [1.807, 2.05) is 35.9 Å². The van der Waals surface area contributed by atoms with E-state index in [9.17, 15) is 0 Å². The largest absolute Gasteiger partial charge is 0.310 e. The van der Waals surface area contributed by atoms with Crippen molar-refractivity contribution in [3.63, 3.8) is 0 Å². The Balaban J connectivity index is 1.61. The number of hydrogen-bond acceptors (Lipinski definition) is 5. The average Bonchev–Trinajstić information content (AvgIpc) is 3.22. The Morgan fingerprint density at radius 3 is 2.61 bits per heavy atom. The quantitative estimate of drug-likeness (QED) is 0.918. The van der Waals surface area contributed by atoms with Crippen LogP contribution in [0.15, 0.2) is 12.4 Å². The summed E-state index contributed by atoms with van der Waals surface area (Å²) < 4.78 is 0. The summed E-state index contributed by atoms with van der Waals surface area (Å²) in [4.78, 5) is 9.13. The molecule has 2 heterocycles. The van der Waals surface area contributed by atoms with Crippen molar-refractivity contribution < 1.29 is 0 Å². The molecule has 3 rings (SSSR count). The van der Waals surface area contributed by atoms with E-state index in [0.29, 0.717) is 10.5 Å². The van der Waals surface area contributed by atoms with Crippen molar-refractivity contribution in [2.45, 2.75) is 42.9 Å². The van der Waals surface area contributed by atoms with Gasteiger partial charge in [0.2, 0.25) is 0 Å². The lowest BCUT2D eigenvalue weighted by molar-refractivity contribution is 0.680. The highest BCUT2D eigenvalue weighted by Crippen LogP contribution is 2.40. The lowest BCUT2D eigenvalue weighted by Crippen LogP contribution is -2.19. The molecule has 2 fully saturated rings. The Kier molecular flexibility index (Phi) is 4.11. The van der Waals surface area contributed by atoms with Crippen molar-refractivity contribution >= 4 is 23.5 Å². The van der Waals surface area contributed by atoms with Crippen molar-refractivity contribution in [2.24, 2.45) is 0 Å². The van der Waals surface area contributed by atoms with Crippen LogP contribution in [0.2, 0.25) is 0 Å². The van der Waals surface area contributed by atoms with Gasteiger partial charge in [-0.25, -0.2) is 9.97 Å². The Hall–Kier alpha value is -0.260. The molecule has 0 amide bonds. The molecular weight excluding hydrogens is 262 g/mol. The van der Waals surface area contributed by atoms with Crippen molar-refractivity contribution in [3.8, 4) is 0 Å². The molecule has 2 atom stereocenters. The summed E-state index contributed by atoms with van der Waals surface area (Å²) in [6.07, 6.45) is 6.63. The predicted octanol–water partition coefficient (Wildman–Crippen LogP) is 2.64. The first-order valence-electron chi connectivity index (χ1n) is 6.60. The summed E-state index contributed by atoms with van der Waals surface area (Å²) in [5.41, 5.74) is 1.20. The van der Waals surface area contributed by atoms with E-state index in [1.54, 1.807) is 0 Å². The van der Waals surface area contributed by atoms with E-state index >= 15 is 0 Å². The van der Waals surface area contributed by atoms with Crippen LogP contribution in [0.1, 0.15) is 36.4 Å². The fraction of sp³-hybridized carbons (Fsp3) is 0.692. The van der Waals surface area contributed by atoms with Gasteiger partial charge in [0, 0.05) is 47.3 Å². The summed E-state index contributed by atoms with van der Waals surface area (Å²) >= 11 is 4.03. The Labute approximate surface area is 117 Å². The molecule has 1 saturated heterocycles. The molecule has 1 aromatic rings. The molecule has 1 aliphatic heterocycles. The van der Waals surface area contributed by atoms with E-state index in [1.165, 1.54) is 29.9 Å². The van der Waals surface area contributed by atoms with Gasteiger partial charge in [0.25, 0.3) is 0 Å². The predicted molar refractivity (Wildman–Crippen MR) is 79.0 cm³/mol. The van der Waals surface area contributed by atoms with Gasteiger partial charge < -0.3 is 5.32 Å². The zero-order valence-electron chi connectivity index (χ0n) is 10.6. The molecule has 2 unspecified atom stereocenters. The van der Waals surface area contributed by atoms with Crippen LogP contribution >= 0.6 is 23.5 Å². The summed E-state index contributed by atoms with van der Waals surface area (Å²) in [5.74, 6) is 3.48. The molecule has 0 radical (unpaired) electrons. The molecule has 0 spiro atoms. The van der Waals surface area contributed by atoms with Crippen molar-refractivity contribution in [2.75, 3.05) is 11.5 Å². The van der Waals surface area contributed by atoms with Crippen LogP contribution in [0.3, 0.4) is 0 Å². The van der Waals surface area contributed by atoms with E-state index in [0.717, 1.165) is 18.4 Å². The number of nitrogens with one attached hydrogen (secondary N) is 1. The first-order valence-corrected chi connectivity index (χ1v) is 8.70. The Bertz CT molecular complexity index is 392. The SMILES string of the molecule is CC1SCCSC1c1ncc(CNC2CC2)cn1. The van der Waals surface area contributed by atoms with Crippen molar-refractivity contribution in [1.82, 2.24) is 15.3 Å². The van der Waals surface area contributed by atoms with Crippen LogP contribution < -0.4 is 5.32 Å². The number of aromatic nitrogens is 2. The maximum Gasteiger partial charge on any atom is 0.142 e. The third-order valence-electron chi connectivity index (χ3n) is 3.34. The topological polar surface area (TPSA) is 37.8 Å². The minimum atomic E-state index is 0.467. The molecule has 0 bridgehead atoms. The van der Waals surface area contributed by atoms with Crippen LogP contribution in [-0.2, 0) is 6.54 Å². The second-order valence-electron chi connectivity index (χ2n) is 4.97. The minimum Gasteiger partial charge on any atom is -0.310 e. The molecule has 98 valence electrons. The zero-order valence-corrected chi connectivity index (χ0v) is 12.3. The second-order valence-corrected chi connectivity index (χ2v) is 7.71. The first kappa shape index (κ1) is 12.8. The molecular formula is C13H19N3S2. The standard InChI is InChI=1S/C13H19N3S2/c1-9-12(18-5-4-17-9)13-15-7-10(8-16-13)6-14-11-2-3-11/h7-9,11-12,14H,2-6H2,1H3. The van der Waals surface area contributed by atoms with Gasteiger partial charge in [0.1, 0.15) is 5.82 Å². The van der Waals surface area contributed by atoms with Gasteiger partial charge in [-0.1, -0.05) is 6.92 Å². The molecule has 5 heteroatoms. The number of thioether (sulfide) groups is 2. The van der Waals surface area contributed by atoms with E-state index in [4.69, 9.17) is 0 Å². The molecule has 1 N–H and O–H groups in total. The van der Waals surface area contributed by atoms with Crippen molar-refractivity contribution in [3.05, 3.63) is 23.8 Å². The maximum absolute atomic E-state index is 4.57. The van der Waals surface area contributed by atoms with E-state index < -0.39 is 0 Å². The molecule has 1 aliphatic carbocycles. The van der Waals surface area contributed by atoms with E-state index in [-0.39, 0.29) is 0 Å². The summed E-state index contributed by atoms with van der Waals surface area (Å²) in [5, 5.41) is 4.58. The Morgan fingerprint density at radius 1 is 1.22 bits per heavy atom. The number of hydrogen-bond donors (Lipinski definition) is 1. The summed E-state index contributed by atoms with van der Waals surface area (Å²) in [7, 11) is 0. The molecule has 0 aromatic carbocycles. The smallest absolute Gasteiger partial charge is 0.142 e. The molecule has 18 heavy (non-hydrogen) atoms. The van der Waals surface area contributed by atoms with Gasteiger partial charge in [-0.15, -0.1) is 11.8 Å². The van der Waals surface area contributed by atoms with Crippen LogP contribution in [-0.4, -0.2) is 32.8 Å². The summed E-state index contributed by atoms with van der Waals surface area (Å²) in [6, 6.07) is 0.745. The molecule has 1 aromatic heterocycles. The van der Waals surface area contributed by atoms with Crippen LogP contribution in [0.25, 0.3) is 0 Å². The molecule has 1 saturated carbocycles. The maximum atomic E-state index is 4.57. The summed E-state index contributed by atoms with van der Waals surface area (Å²) in [6.45, 7) is 3.19. The lowest BCUT2D eigenvalue weighted by atomic mass is 10.3. The normalized spacial score (nSPS) is 28.3. The highest BCUT2D eigenvalue weighted by Gasteiger charge is 2.26. The van der Waals surface area contributed by atoms with Crippen LogP contribution in [0.4, 0.5) is 0 Å². The van der Waals surface area contributed by atoms with Crippen LogP contribution in [0.5, 0.6) is 0 Å². The van der Waals surface area contributed by atoms with Gasteiger partial charge >= 0.3 is 0 Å². The fourth-order valence-electron chi connectivity index (χ4n) is 2.07. The lowest BCUT2D eigenvalue weighted by Gasteiger charge is -2.26. The first-order chi connectivity index (χ1) is 8.83. The average molecular weight is 281 g/mol. The van der Waals surface area contributed by atoms with Crippen molar-refractivity contribution in [1.29, 1.82) is 0 Å². The fourth-order valence-corrected chi connectivity index (χ4v) is 4.77. The van der Waals surface area contributed by atoms with Gasteiger partial charge in [-0.05, 0) is 12.8 Å². The third kappa shape index (κ3) is 3.19. The van der Waals surface area contributed by atoms with Gasteiger partial charge in [-0.2, -0.15) is 11.8 Å². The highest BCUT2D eigenvalue weighted by atomic mass is 32.2. The van der Waals surface area contributed by atoms with E-state index in [2.05, 4.69) is 22.2 Å². The highest BCUT2D eigenvalue weighted by molar-refractivity contribution is 8.06. The van der Waals surface area contributed by atoms with Gasteiger partial charge in [0.15, 0.2) is 0 Å². The van der Waals surface area contributed by atoms with Crippen LogP contribution in [0, 0.1) is 0 Å². The molecule has 3 nitrogen and oxygen atoms in total. The zero-order chi connectivity index (χ0) is 12.4. The van der Waals surface area contributed by atoms with Gasteiger partial charge in [-0.3, -0.25) is 0 Å². The third-order valence-corrected chi connectivity index (χ3v) is 6.43. The number of rotatable bonds is 4. The second kappa shape index (κ2) is 5.80. The van der Waals surface area contributed by atoms with Gasteiger partial charge in [0.05, 0.1) is 5.25 Å².